The van der Waals surface area contributed by atoms with E-state index < -0.39 is 5.97 Å². The zero-order valence-electron chi connectivity index (χ0n) is 9.77. The van der Waals surface area contributed by atoms with Crippen molar-refractivity contribution in [1.29, 1.82) is 0 Å². The van der Waals surface area contributed by atoms with Gasteiger partial charge >= 0.3 is 5.97 Å². The van der Waals surface area contributed by atoms with Crippen LogP contribution in [0.1, 0.15) is 43.1 Å². The second kappa shape index (κ2) is 6.09. The minimum Gasteiger partial charge on any atom is -0.464 e. The number of nitrogens with two attached hydrogens (primary N) is 1. The lowest BCUT2D eigenvalue weighted by Gasteiger charge is -2.02. The van der Waals surface area contributed by atoms with Crippen molar-refractivity contribution in [3.8, 4) is 0 Å². The number of methoxy groups -OCH3 is 1. The summed E-state index contributed by atoms with van der Waals surface area (Å²) in [6.07, 6.45) is 4.49. The Labute approximate surface area is 94.8 Å². The standard InChI is InChI=1S/C10H18N4O2/c1-3-4-5-6-7-14-9(11)8(12-13-14)10(15)16-2/h3-7,11H2,1-2H3. The Balaban J connectivity index is 2.55. The Bertz CT molecular complexity index is 349. The Morgan fingerprint density at radius 1 is 1.44 bits per heavy atom. The van der Waals surface area contributed by atoms with Gasteiger partial charge in [0, 0.05) is 6.54 Å². The second-order valence-corrected chi connectivity index (χ2v) is 3.60. The lowest BCUT2D eigenvalue weighted by Crippen LogP contribution is -2.09. The van der Waals surface area contributed by atoms with Crippen LogP contribution in [0.25, 0.3) is 0 Å². The summed E-state index contributed by atoms with van der Waals surface area (Å²) in [6, 6.07) is 0. The highest BCUT2D eigenvalue weighted by Crippen LogP contribution is 2.10. The van der Waals surface area contributed by atoms with E-state index in [2.05, 4.69) is 22.0 Å². The first-order valence-electron chi connectivity index (χ1n) is 5.48. The molecule has 90 valence electrons. The molecule has 0 unspecified atom stereocenters. The van der Waals surface area contributed by atoms with E-state index >= 15 is 0 Å². The number of nitrogens with zero attached hydrogens (tertiary/aromatic N) is 3. The second-order valence-electron chi connectivity index (χ2n) is 3.60. The normalized spacial score (nSPS) is 10.4. The van der Waals surface area contributed by atoms with Crippen molar-refractivity contribution in [1.82, 2.24) is 15.0 Å². The van der Waals surface area contributed by atoms with E-state index in [-0.39, 0.29) is 11.5 Å². The summed E-state index contributed by atoms with van der Waals surface area (Å²) >= 11 is 0. The number of carbonyl (C=O) groups is 1. The zero-order valence-corrected chi connectivity index (χ0v) is 9.77. The van der Waals surface area contributed by atoms with Crippen LogP contribution >= 0.6 is 0 Å². The summed E-state index contributed by atoms with van der Waals surface area (Å²) in [6.45, 7) is 2.84. The van der Waals surface area contributed by atoms with Crippen LogP contribution < -0.4 is 5.73 Å². The number of unbranched alkanes of at least 4 members (excludes halogenated alkanes) is 3. The van der Waals surface area contributed by atoms with Crippen molar-refractivity contribution in [2.75, 3.05) is 12.8 Å². The number of hydrogen-bond acceptors (Lipinski definition) is 5. The minimum atomic E-state index is -0.544. The Morgan fingerprint density at radius 2 is 2.19 bits per heavy atom. The molecule has 1 rings (SSSR count). The molecule has 1 heterocycles. The van der Waals surface area contributed by atoms with Gasteiger partial charge in [0.1, 0.15) is 0 Å². The van der Waals surface area contributed by atoms with E-state index in [1.165, 1.54) is 20.0 Å². The van der Waals surface area contributed by atoms with Crippen LogP contribution in [-0.2, 0) is 11.3 Å². The molecule has 0 aliphatic rings. The number of hydrogen-bond donors (Lipinski definition) is 1. The number of aryl methyl sites for hydroxylation is 1. The average molecular weight is 226 g/mol. The average Bonchev–Trinajstić information content (AvgIpc) is 2.65. The molecule has 0 saturated carbocycles. The van der Waals surface area contributed by atoms with E-state index in [4.69, 9.17) is 5.73 Å². The maximum Gasteiger partial charge on any atom is 0.362 e. The molecule has 0 saturated heterocycles. The first kappa shape index (κ1) is 12.5. The van der Waals surface area contributed by atoms with E-state index in [9.17, 15) is 4.79 Å². The molecule has 0 aromatic carbocycles. The number of ether oxygens (including phenoxy) is 1. The maximum absolute atomic E-state index is 11.2. The molecule has 0 spiro atoms. The molecule has 0 fully saturated rings. The SMILES string of the molecule is CCCCCCn1nnc(C(=O)OC)c1N. The predicted molar refractivity (Wildman–Crippen MR) is 59.9 cm³/mol. The van der Waals surface area contributed by atoms with Gasteiger partial charge in [0.25, 0.3) is 0 Å². The van der Waals surface area contributed by atoms with Gasteiger partial charge in [0.15, 0.2) is 5.82 Å². The third-order valence-corrected chi connectivity index (χ3v) is 2.38. The largest absolute Gasteiger partial charge is 0.464 e. The first-order chi connectivity index (χ1) is 7.70. The molecule has 0 aliphatic heterocycles. The monoisotopic (exact) mass is 226 g/mol. The van der Waals surface area contributed by atoms with Gasteiger partial charge in [-0.05, 0) is 6.42 Å². The van der Waals surface area contributed by atoms with Gasteiger partial charge < -0.3 is 10.5 Å². The molecule has 0 radical (unpaired) electrons. The summed E-state index contributed by atoms with van der Waals surface area (Å²) < 4.78 is 6.08. The summed E-state index contributed by atoms with van der Waals surface area (Å²) in [7, 11) is 1.29. The quantitative estimate of drug-likeness (QED) is 0.582. The molecule has 16 heavy (non-hydrogen) atoms. The Hall–Kier alpha value is -1.59. The fourth-order valence-corrected chi connectivity index (χ4v) is 1.42. The zero-order chi connectivity index (χ0) is 12.0. The van der Waals surface area contributed by atoms with Crippen molar-refractivity contribution in [2.45, 2.75) is 39.2 Å². The molecule has 0 aliphatic carbocycles. The molecule has 6 heteroatoms. The van der Waals surface area contributed by atoms with Gasteiger partial charge in [-0.1, -0.05) is 31.4 Å². The van der Waals surface area contributed by atoms with Gasteiger partial charge in [0.2, 0.25) is 5.69 Å². The molecule has 6 nitrogen and oxygen atoms in total. The molecule has 0 amide bonds. The topological polar surface area (TPSA) is 83.0 Å². The molecular weight excluding hydrogens is 208 g/mol. The van der Waals surface area contributed by atoms with E-state index in [1.807, 2.05) is 0 Å². The van der Waals surface area contributed by atoms with E-state index in [1.54, 1.807) is 4.68 Å². The highest BCUT2D eigenvalue weighted by molar-refractivity contribution is 5.91. The Kier molecular flexibility index (Phi) is 4.75. The third-order valence-electron chi connectivity index (χ3n) is 2.38. The van der Waals surface area contributed by atoms with Gasteiger partial charge in [-0.2, -0.15) is 0 Å². The predicted octanol–water partition coefficient (Wildman–Crippen LogP) is 1.23. The number of aromatic nitrogens is 3. The third kappa shape index (κ3) is 2.95. The molecule has 0 bridgehead atoms. The van der Waals surface area contributed by atoms with Crippen LogP contribution in [0.5, 0.6) is 0 Å². The van der Waals surface area contributed by atoms with E-state index in [0.717, 1.165) is 12.8 Å². The lowest BCUT2D eigenvalue weighted by molar-refractivity contribution is 0.0595. The molecule has 1 aromatic heterocycles. The minimum absolute atomic E-state index is 0.0954. The van der Waals surface area contributed by atoms with E-state index in [0.29, 0.717) is 6.54 Å². The molecular formula is C10H18N4O2. The highest BCUT2D eigenvalue weighted by Gasteiger charge is 2.17. The first-order valence-corrected chi connectivity index (χ1v) is 5.48. The highest BCUT2D eigenvalue weighted by atomic mass is 16.5. The van der Waals surface area contributed by atoms with Crippen LogP contribution in [0.4, 0.5) is 5.82 Å². The van der Waals surface area contributed by atoms with Crippen LogP contribution in [0.2, 0.25) is 0 Å². The molecule has 2 N–H and O–H groups in total. The van der Waals surface area contributed by atoms with Crippen LogP contribution in [0.3, 0.4) is 0 Å². The van der Waals surface area contributed by atoms with Crippen molar-refractivity contribution >= 4 is 11.8 Å². The van der Waals surface area contributed by atoms with Crippen molar-refractivity contribution in [2.24, 2.45) is 0 Å². The van der Waals surface area contributed by atoms with Crippen LogP contribution in [-0.4, -0.2) is 28.1 Å². The summed E-state index contributed by atoms with van der Waals surface area (Å²) in [5.41, 5.74) is 5.83. The van der Waals surface area contributed by atoms with Gasteiger partial charge in [-0.25, -0.2) is 9.48 Å². The van der Waals surface area contributed by atoms with Gasteiger partial charge in [0.05, 0.1) is 7.11 Å². The fourth-order valence-electron chi connectivity index (χ4n) is 1.42. The molecule has 1 aromatic rings. The smallest absolute Gasteiger partial charge is 0.362 e. The number of carbonyl (C=O) groups excluding carboxylic acids is 1. The van der Waals surface area contributed by atoms with Gasteiger partial charge in [-0.3, -0.25) is 0 Å². The summed E-state index contributed by atoms with van der Waals surface area (Å²) in [5.74, 6) is -0.263. The van der Waals surface area contributed by atoms with Crippen molar-refractivity contribution in [3.05, 3.63) is 5.69 Å². The van der Waals surface area contributed by atoms with Crippen molar-refractivity contribution in [3.63, 3.8) is 0 Å². The van der Waals surface area contributed by atoms with Crippen LogP contribution in [0, 0.1) is 0 Å². The van der Waals surface area contributed by atoms with Crippen LogP contribution in [0.15, 0.2) is 0 Å². The maximum atomic E-state index is 11.2. The fraction of sp³-hybridized carbons (Fsp3) is 0.700. The number of nitrogen functional groups attached to an aromatic ring is 1. The Morgan fingerprint density at radius 3 is 2.81 bits per heavy atom. The number of esters is 1. The number of rotatable bonds is 6. The molecule has 0 atom stereocenters. The number of anilines is 1. The van der Waals surface area contributed by atoms with Crippen molar-refractivity contribution < 1.29 is 9.53 Å². The summed E-state index contributed by atoms with van der Waals surface area (Å²) in [4.78, 5) is 11.2. The summed E-state index contributed by atoms with van der Waals surface area (Å²) in [5, 5.41) is 7.52. The van der Waals surface area contributed by atoms with Gasteiger partial charge in [-0.15, -0.1) is 5.10 Å². The lowest BCUT2D eigenvalue weighted by atomic mass is 10.2.